The molecule has 0 spiro atoms. The minimum Gasteiger partial charge on any atom is -0.335 e. The fourth-order valence-electron chi connectivity index (χ4n) is 2.34. The van der Waals surface area contributed by atoms with Crippen molar-refractivity contribution < 1.29 is 14.4 Å². The van der Waals surface area contributed by atoms with E-state index in [1.165, 1.54) is 0 Å². The van der Waals surface area contributed by atoms with Crippen molar-refractivity contribution in [3.05, 3.63) is 28.8 Å². The molecule has 118 valence electrons. The van der Waals surface area contributed by atoms with E-state index in [0.29, 0.717) is 17.1 Å². The van der Waals surface area contributed by atoms with Gasteiger partial charge in [0.2, 0.25) is 11.8 Å². The second-order valence-electron chi connectivity index (χ2n) is 5.41. The Hall–Kier alpha value is -2.08. The van der Waals surface area contributed by atoms with E-state index in [1.54, 1.807) is 19.1 Å². The first-order valence-electron chi connectivity index (χ1n) is 7.04. The topological polar surface area (TPSA) is 87.3 Å². The Labute approximate surface area is 133 Å². The molecule has 2 atom stereocenters. The van der Waals surface area contributed by atoms with E-state index in [-0.39, 0.29) is 24.3 Å². The van der Waals surface area contributed by atoms with Crippen molar-refractivity contribution in [3.63, 3.8) is 0 Å². The zero-order valence-corrected chi connectivity index (χ0v) is 13.2. The van der Waals surface area contributed by atoms with Crippen LogP contribution < -0.4 is 16.0 Å². The number of hydrogen-bond acceptors (Lipinski definition) is 3. The van der Waals surface area contributed by atoms with E-state index in [2.05, 4.69) is 16.0 Å². The summed E-state index contributed by atoms with van der Waals surface area (Å²) in [6, 6.07) is 4.50. The number of benzene rings is 1. The lowest BCUT2D eigenvalue weighted by Crippen LogP contribution is -2.57. The number of urea groups is 1. The van der Waals surface area contributed by atoms with Gasteiger partial charge in [-0.15, -0.1) is 0 Å². The number of hydrogen-bond donors (Lipinski definition) is 3. The van der Waals surface area contributed by atoms with Crippen molar-refractivity contribution in [2.75, 3.05) is 5.32 Å². The first kappa shape index (κ1) is 16.3. The second kappa shape index (κ2) is 6.79. The van der Waals surface area contributed by atoms with Gasteiger partial charge in [0, 0.05) is 23.2 Å². The van der Waals surface area contributed by atoms with Crippen LogP contribution in [0, 0.1) is 12.8 Å². The Bertz CT molecular complexity index is 618. The smallest absolute Gasteiger partial charge is 0.321 e. The minimum absolute atomic E-state index is 0.184. The minimum atomic E-state index is -0.493. The summed E-state index contributed by atoms with van der Waals surface area (Å²) >= 11 is 6.00. The molecule has 0 bridgehead atoms. The maximum absolute atomic E-state index is 12.0. The lowest BCUT2D eigenvalue weighted by molar-refractivity contribution is -0.126. The molecule has 1 fully saturated rings. The van der Waals surface area contributed by atoms with Crippen molar-refractivity contribution in [2.24, 2.45) is 5.92 Å². The summed E-state index contributed by atoms with van der Waals surface area (Å²) in [6.07, 6.45) is 0.544. The van der Waals surface area contributed by atoms with Gasteiger partial charge in [-0.1, -0.05) is 17.7 Å². The van der Waals surface area contributed by atoms with Gasteiger partial charge in [-0.25, -0.2) is 4.79 Å². The van der Waals surface area contributed by atoms with Gasteiger partial charge in [-0.05, 0) is 38.0 Å². The van der Waals surface area contributed by atoms with Crippen LogP contribution >= 0.6 is 11.6 Å². The molecule has 3 N–H and O–H groups in total. The normalized spacial score (nSPS) is 21.0. The monoisotopic (exact) mass is 323 g/mol. The van der Waals surface area contributed by atoms with Gasteiger partial charge in [0.15, 0.2) is 0 Å². The number of amides is 4. The Morgan fingerprint density at radius 1 is 1.36 bits per heavy atom. The maximum atomic E-state index is 12.0. The van der Waals surface area contributed by atoms with Crippen LogP contribution in [0.4, 0.5) is 10.5 Å². The van der Waals surface area contributed by atoms with Gasteiger partial charge in [-0.3, -0.25) is 14.9 Å². The lowest BCUT2D eigenvalue weighted by atomic mass is 9.93. The van der Waals surface area contributed by atoms with Gasteiger partial charge < -0.3 is 10.6 Å². The van der Waals surface area contributed by atoms with E-state index in [0.717, 1.165) is 5.56 Å². The average molecular weight is 324 g/mol. The summed E-state index contributed by atoms with van der Waals surface area (Å²) in [5.41, 5.74) is 1.55. The standard InChI is InChI=1S/C15H18ClN3O3/c1-8-3-4-10(7-12(8)16)18-13(20)6-5-11-9(2)17-15(22)19-14(11)21/h3-4,7,9,11H,5-6H2,1-2H3,(H,18,20)(H2,17,19,21,22). The Morgan fingerprint density at radius 2 is 2.09 bits per heavy atom. The van der Waals surface area contributed by atoms with E-state index < -0.39 is 11.9 Å². The van der Waals surface area contributed by atoms with Crippen molar-refractivity contribution in [1.82, 2.24) is 10.6 Å². The average Bonchev–Trinajstić information content (AvgIpc) is 2.41. The number of carbonyl (C=O) groups is 3. The molecule has 7 heteroatoms. The number of imide groups is 1. The summed E-state index contributed by atoms with van der Waals surface area (Å²) in [4.78, 5) is 34.8. The molecule has 2 rings (SSSR count). The molecule has 0 radical (unpaired) electrons. The van der Waals surface area contributed by atoms with Gasteiger partial charge >= 0.3 is 6.03 Å². The van der Waals surface area contributed by atoms with Gasteiger partial charge in [0.05, 0.1) is 5.92 Å². The molecule has 6 nitrogen and oxygen atoms in total. The number of carbonyl (C=O) groups excluding carboxylic acids is 3. The summed E-state index contributed by atoms with van der Waals surface area (Å²) in [7, 11) is 0. The molecule has 2 unspecified atom stereocenters. The molecule has 0 aliphatic carbocycles. The van der Waals surface area contributed by atoms with Crippen molar-refractivity contribution in [2.45, 2.75) is 32.7 Å². The summed E-state index contributed by atoms with van der Waals surface area (Å²) < 4.78 is 0. The Kier molecular flexibility index (Phi) is 5.03. The quantitative estimate of drug-likeness (QED) is 0.794. The fourth-order valence-corrected chi connectivity index (χ4v) is 2.52. The number of nitrogens with one attached hydrogen (secondary N) is 3. The third-order valence-electron chi connectivity index (χ3n) is 3.67. The number of rotatable bonds is 4. The molecule has 1 aliphatic heterocycles. The third kappa shape index (κ3) is 3.98. The molecule has 0 saturated carbocycles. The molecule has 1 saturated heterocycles. The molecule has 1 heterocycles. The number of anilines is 1. The van der Waals surface area contributed by atoms with Gasteiger partial charge in [-0.2, -0.15) is 0 Å². The van der Waals surface area contributed by atoms with E-state index in [1.807, 2.05) is 13.0 Å². The first-order chi connectivity index (χ1) is 10.4. The second-order valence-corrected chi connectivity index (χ2v) is 5.82. The molecule has 4 amide bonds. The zero-order chi connectivity index (χ0) is 16.3. The largest absolute Gasteiger partial charge is 0.335 e. The molecular weight excluding hydrogens is 306 g/mol. The van der Waals surface area contributed by atoms with E-state index in [9.17, 15) is 14.4 Å². The molecule has 0 aromatic heterocycles. The highest BCUT2D eigenvalue weighted by molar-refractivity contribution is 6.31. The van der Waals surface area contributed by atoms with Crippen molar-refractivity contribution in [3.8, 4) is 0 Å². The summed E-state index contributed by atoms with van der Waals surface area (Å²) in [6.45, 7) is 3.63. The lowest BCUT2D eigenvalue weighted by Gasteiger charge is -2.28. The first-order valence-corrected chi connectivity index (χ1v) is 7.42. The van der Waals surface area contributed by atoms with Crippen LogP contribution in [0.15, 0.2) is 18.2 Å². The molecule has 22 heavy (non-hydrogen) atoms. The van der Waals surface area contributed by atoms with Crippen LogP contribution in [-0.2, 0) is 9.59 Å². The van der Waals surface area contributed by atoms with E-state index >= 15 is 0 Å². The maximum Gasteiger partial charge on any atom is 0.321 e. The van der Waals surface area contributed by atoms with Crippen LogP contribution in [-0.4, -0.2) is 23.9 Å². The van der Waals surface area contributed by atoms with E-state index in [4.69, 9.17) is 11.6 Å². The highest BCUT2D eigenvalue weighted by atomic mass is 35.5. The van der Waals surface area contributed by atoms with Crippen LogP contribution in [0.25, 0.3) is 0 Å². The number of aryl methyl sites for hydroxylation is 1. The summed E-state index contributed by atoms with van der Waals surface area (Å²) in [5.74, 6) is -0.954. The SMILES string of the molecule is Cc1ccc(NC(=O)CCC2C(=O)NC(=O)NC2C)cc1Cl. The van der Waals surface area contributed by atoms with Crippen LogP contribution in [0.3, 0.4) is 0 Å². The van der Waals surface area contributed by atoms with Crippen LogP contribution in [0.5, 0.6) is 0 Å². The van der Waals surface area contributed by atoms with Crippen LogP contribution in [0.2, 0.25) is 5.02 Å². The third-order valence-corrected chi connectivity index (χ3v) is 4.08. The van der Waals surface area contributed by atoms with Gasteiger partial charge in [0.25, 0.3) is 0 Å². The molecule has 1 aromatic rings. The zero-order valence-electron chi connectivity index (χ0n) is 12.4. The highest BCUT2D eigenvalue weighted by Gasteiger charge is 2.32. The van der Waals surface area contributed by atoms with Crippen LogP contribution in [0.1, 0.15) is 25.3 Å². The Morgan fingerprint density at radius 3 is 2.73 bits per heavy atom. The Balaban J connectivity index is 1.88. The predicted octanol–water partition coefficient (Wildman–Crippen LogP) is 2.21. The predicted molar refractivity (Wildman–Crippen MR) is 83.7 cm³/mol. The van der Waals surface area contributed by atoms with Crippen molar-refractivity contribution >= 4 is 35.1 Å². The number of halogens is 1. The highest BCUT2D eigenvalue weighted by Crippen LogP contribution is 2.21. The van der Waals surface area contributed by atoms with Crippen molar-refractivity contribution in [1.29, 1.82) is 0 Å². The summed E-state index contributed by atoms with van der Waals surface area (Å²) in [5, 5.41) is 8.17. The van der Waals surface area contributed by atoms with Gasteiger partial charge in [0.1, 0.15) is 0 Å². The fraction of sp³-hybridized carbons (Fsp3) is 0.400. The molecule has 1 aliphatic rings. The molecule has 1 aromatic carbocycles. The molecular formula is C15H18ClN3O3.